The molecule has 0 atom stereocenters. The summed E-state index contributed by atoms with van der Waals surface area (Å²) in [4.78, 5) is 26.5. The van der Waals surface area contributed by atoms with Crippen molar-refractivity contribution in [3.05, 3.63) is 42.7 Å². The monoisotopic (exact) mass is 471 g/mol. The fourth-order valence-corrected chi connectivity index (χ4v) is 4.15. The first kappa shape index (κ1) is 22.9. The third-order valence-electron chi connectivity index (χ3n) is 4.99. The van der Waals surface area contributed by atoms with E-state index in [1.807, 2.05) is 35.8 Å². The minimum Gasteiger partial charge on any atom is -0.461 e. The molecule has 1 amide bonds. The van der Waals surface area contributed by atoms with E-state index < -0.39 is 11.9 Å². The van der Waals surface area contributed by atoms with Crippen molar-refractivity contribution in [2.75, 3.05) is 48.9 Å². The molecule has 4 rings (SSSR count). The van der Waals surface area contributed by atoms with Gasteiger partial charge in [-0.1, -0.05) is 11.8 Å². The second kappa shape index (κ2) is 11.0. The predicted molar refractivity (Wildman–Crippen MR) is 123 cm³/mol. The van der Waals surface area contributed by atoms with Crippen LogP contribution < -0.4 is 10.2 Å². The van der Waals surface area contributed by atoms with Crippen molar-refractivity contribution in [3.8, 4) is 11.6 Å². The SMILES string of the molecule is CCn1c(SCC(=O)OCC(=O)Nc2ccc(N3CCOCC3)cc2)nnc1-c1ccco1. The number of morpholine rings is 1. The largest absolute Gasteiger partial charge is 0.461 e. The maximum absolute atomic E-state index is 12.2. The Morgan fingerprint density at radius 3 is 2.64 bits per heavy atom. The molecule has 0 saturated carbocycles. The van der Waals surface area contributed by atoms with Crippen molar-refractivity contribution in [3.63, 3.8) is 0 Å². The highest BCUT2D eigenvalue weighted by atomic mass is 32.2. The molecule has 174 valence electrons. The molecule has 1 saturated heterocycles. The molecule has 1 aliphatic rings. The summed E-state index contributed by atoms with van der Waals surface area (Å²) in [6, 6.07) is 11.1. The molecule has 1 aliphatic heterocycles. The second-order valence-electron chi connectivity index (χ2n) is 7.17. The average Bonchev–Trinajstić information content (AvgIpc) is 3.52. The van der Waals surface area contributed by atoms with Gasteiger partial charge < -0.3 is 24.1 Å². The normalized spacial score (nSPS) is 13.7. The number of thioether (sulfide) groups is 1. The van der Waals surface area contributed by atoms with Crippen LogP contribution in [0.5, 0.6) is 0 Å². The minimum absolute atomic E-state index is 0.0117. The van der Waals surface area contributed by atoms with Crippen molar-refractivity contribution in [1.29, 1.82) is 0 Å². The van der Waals surface area contributed by atoms with E-state index in [4.69, 9.17) is 13.9 Å². The molecule has 11 heteroatoms. The number of nitrogens with one attached hydrogen (secondary N) is 1. The summed E-state index contributed by atoms with van der Waals surface area (Å²) >= 11 is 1.20. The smallest absolute Gasteiger partial charge is 0.316 e. The van der Waals surface area contributed by atoms with E-state index in [1.165, 1.54) is 11.8 Å². The summed E-state index contributed by atoms with van der Waals surface area (Å²) < 4.78 is 17.7. The fourth-order valence-electron chi connectivity index (χ4n) is 3.35. The molecular formula is C22H25N5O5S. The molecule has 2 aromatic heterocycles. The van der Waals surface area contributed by atoms with Gasteiger partial charge >= 0.3 is 5.97 Å². The van der Waals surface area contributed by atoms with Crippen LogP contribution in [0.2, 0.25) is 0 Å². The number of carbonyl (C=O) groups is 2. The number of aromatic nitrogens is 3. The van der Waals surface area contributed by atoms with Crippen LogP contribution in [-0.2, 0) is 25.6 Å². The molecule has 10 nitrogen and oxygen atoms in total. The van der Waals surface area contributed by atoms with Gasteiger partial charge in [0, 0.05) is 31.0 Å². The van der Waals surface area contributed by atoms with Gasteiger partial charge in [-0.25, -0.2) is 0 Å². The molecule has 3 heterocycles. The molecule has 1 aromatic carbocycles. The molecule has 0 radical (unpaired) electrons. The van der Waals surface area contributed by atoms with Gasteiger partial charge in [-0.3, -0.25) is 14.2 Å². The van der Waals surface area contributed by atoms with Gasteiger partial charge in [0.25, 0.3) is 5.91 Å². The zero-order chi connectivity index (χ0) is 23.0. The fraction of sp³-hybridized carbons (Fsp3) is 0.364. The number of hydrogen-bond acceptors (Lipinski definition) is 9. The summed E-state index contributed by atoms with van der Waals surface area (Å²) in [7, 11) is 0. The Balaban J connectivity index is 1.22. The molecule has 33 heavy (non-hydrogen) atoms. The number of esters is 1. The van der Waals surface area contributed by atoms with Crippen LogP contribution in [-0.4, -0.2) is 65.3 Å². The average molecular weight is 472 g/mol. The quantitative estimate of drug-likeness (QED) is 0.372. The van der Waals surface area contributed by atoms with Crippen LogP contribution in [0.4, 0.5) is 11.4 Å². The van der Waals surface area contributed by atoms with Crippen LogP contribution in [0.3, 0.4) is 0 Å². The maximum Gasteiger partial charge on any atom is 0.316 e. The van der Waals surface area contributed by atoms with Crippen molar-refractivity contribution in [1.82, 2.24) is 14.8 Å². The van der Waals surface area contributed by atoms with Crippen LogP contribution in [0.1, 0.15) is 6.92 Å². The molecule has 0 aliphatic carbocycles. The van der Waals surface area contributed by atoms with Crippen LogP contribution in [0.15, 0.2) is 52.2 Å². The summed E-state index contributed by atoms with van der Waals surface area (Å²) in [6.45, 7) is 5.33. The number of hydrogen-bond donors (Lipinski definition) is 1. The lowest BCUT2D eigenvalue weighted by Crippen LogP contribution is -2.36. The zero-order valence-corrected chi connectivity index (χ0v) is 19.0. The maximum atomic E-state index is 12.2. The molecule has 1 N–H and O–H groups in total. The third-order valence-corrected chi connectivity index (χ3v) is 5.93. The number of nitrogens with zero attached hydrogens (tertiary/aromatic N) is 4. The standard InChI is InChI=1S/C22H25N5O5S/c1-2-27-21(18-4-3-11-31-18)24-25-22(27)33-15-20(29)32-14-19(28)23-16-5-7-17(8-6-16)26-9-12-30-13-10-26/h3-8,11H,2,9-10,12-15H2,1H3,(H,23,28). The molecular weight excluding hydrogens is 446 g/mol. The number of furan rings is 1. The van der Waals surface area contributed by atoms with Gasteiger partial charge in [-0.2, -0.15) is 0 Å². The van der Waals surface area contributed by atoms with E-state index in [9.17, 15) is 9.59 Å². The van der Waals surface area contributed by atoms with Crippen LogP contribution in [0.25, 0.3) is 11.6 Å². The lowest BCUT2D eigenvalue weighted by Gasteiger charge is -2.28. The van der Waals surface area contributed by atoms with Gasteiger partial charge in [-0.15, -0.1) is 10.2 Å². The van der Waals surface area contributed by atoms with Gasteiger partial charge in [0.1, 0.15) is 0 Å². The molecule has 0 bridgehead atoms. The Labute approximate surface area is 195 Å². The van der Waals surface area contributed by atoms with Gasteiger partial charge in [-0.05, 0) is 43.3 Å². The Bertz CT molecular complexity index is 1060. The first-order valence-electron chi connectivity index (χ1n) is 10.6. The summed E-state index contributed by atoms with van der Waals surface area (Å²) in [5.41, 5.74) is 1.72. The first-order valence-corrected chi connectivity index (χ1v) is 11.6. The molecule has 0 unspecified atom stereocenters. The number of benzene rings is 1. The number of carbonyl (C=O) groups excluding carboxylic acids is 2. The van der Waals surface area contributed by atoms with Gasteiger partial charge in [0.05, 0.1) is 25.2 Å². The zero-order valence-electron chi connectivity index (χ0n) is 18.2. The van der Waals surface area contributed by atoms with Crippen molar-refractivity contribution in [2.45, 2.75) is 18.6 Å². The first-order chi connectivity index (χ1) is 16.1. The van der Waals surface area contributed by atoms with Crippen LogP contribution in [0, 0.1) is 0 Å². The number of anilines is 2. The number of amides is 1. The lowest BCUT2D eigenvalue weighted by atomic mass is 10.2. The highest BCUT2D eigenvalue weighted by Crippen LogP contribution is 2.24. The van der Waals surface area contributed by atoms with E-state index in [-0.39, 0.29) is 12.4 Å². The molecule has 1 fully saturated rings. The number of rotatable bonds is 9. The van der Waals surface area contributed by atoms with E-state index in [0.717, 1.165) is 18.8 Å². The summed E-state index contributed by atoms with van der Waals surface area (Å²) in [5.74, 6) is 0.302. The Kier molecular flexibility index (Phi) is 7.63. The molecule has 3 aromatic rings. The Morgan fingerprint density at radius 1 is 1.15 bits per heavy atom. The Morgan fingerprint density at radius 2 is 1.94 bits per heavy atom. The lowest BCUT2D eigenvalue weighted by molar-refractivity contribution is -0.144. The highest BCUT2D eigenvalue weighted by molar-refractivity contribution is 7.99. The van der Waals surface area contributed by atoms with Crippen LogP contribution >= 0.6 is 11.8 Å². The van der Waals surface area contributed by atoms with Gasteiger partial charge in [0.2, 0.25) is 0 Å². The molecule has 0 spiro atoms. The second-order valence-corrected chi connectivity index (χ2v) is 8.11. The topological polar surface area (TPSA) is 112 Å². The number of ether oxygens (including phenoxy) is 2. The highest BCUT2D eigenvalue weighted by Gasteiger charge is 2.17. The van der Waals surface area contributed by atoms with E-state index in [1.54, 1.807) is 18.4 Å². The van der Waals surface area contributed by atoms with Crippen molar-refractivity contribution < 1.29 is 23.5 Å². The van der Waals surface area contributed by atoms with Gasteiger partial charge in [0.15, 0.2) is 23.3 Å². The summed E-state index contributed by atoms with van der Waals surface area (Å²) in [5, 5.41) is 11.6. The Hall–Kier alpha value is -3.31. The predicted octanol–water partition coefficient (Wildman–Crippen LogP) is 2.67. The summed E-state index contributed by atoms with van der Waals surface area (Å²) in [6.07, 6.45) is 1.57. The van der Waals surface area contributed by atoms with E-state index >= 15 is 0 Å². The van der Waals surface area contributed by atoms with Crippen molar-refractivity contribution >= 4 is 35.0 Å². The van der Waals surface area contributed by atoms with Crippen molar-refractivity contribution in [2.24, 2.45) is 0 Å². The van der Waals surface area contributed by atoms with E-state index in [2.05, 4.69) is 20.4 Å². The van der Waals surface area contributed by atoms with E-state index in [0.29, 0.717) is 42.2 Å². The minimum atomic E-state index is -0.511. The third kappa shape index (κ3) is 5.93.